The molecule has 0 spiro atoms. The molecule has 0 saturated heterocycles. The van der Waals surface area contributed by atoms with Crippen molar-refractivity contribution in [2.45, 2.75) is 39.2 Å². The second-order valence-corrected chi connectivity index (χ2v) is 4.82. The predicted molar refractivity (Wildman–Crippen MR) is 79.7 cm³/mol. The predicted octanol–water partition coefficient (Wildman–Crippen LogP) is 1.08. The Labute approximate surface area is 125 Å². The molecule has 0 fully saturated rings. The van der Waals surface area contributed by atoms with Crippen LogP contribution in [0.1, 0.15) is 31.2 Å². The van der Waals surface area contributed by atoms with E-state index in [9.17, 15) is 4.79 Å². The third-order valence-corrected chi connectivity index (χ3v) is 2.97. The van der Waals surface area contributed by atoms with Crippen molar-refractivity contribution in [1.29, 1.82) is 5.26 Å². The van der Waals surface area contributed by atoms with Crippen molar-refractivity contribution < 1.29 is 9.53 Å². The summed E-state index contributed by atoms with van der Waals surface area (Å²) in [6.45, 7) is 4.16. The number of hydrogen-bond donors (Lipinski definition) is 2. The fourth-order valence-electron chi connectivity index (χ4n) is 1.72. The molecule has 3 N–H and O–H groups in total. The number of hydrogen-bond acceptors (Lipinski definition) is 5. The zero-order chi connectivity index (χ0) is 15.7. The lowest BCUT2D eigenvalue weighted by molar-refractivity contribution is -0.123. The van der Waals surface area contributed by atoms with Crippen LogP contribution in [0.3, 0.4) is 0 Å². The van der Waals surface area contributed by atoms with Crippen molar-refractivity contribution in [3.63, 3.8) is 0 Å². The molecule has 114 valence electrons. The Morgan fingerprint density at radius 3 is 3.00 bits per heavy atom. The van der Waals surface area contributed by atoms with Gasteiger partial charge in [0.05, 0.1) is 18.2 Å². The van der Waals surface area contributed by atoms with Gasteiger partial charge in [0.2, 0.25) is 0 Å². The van der Waals surface area contributed by atoms with Crippen LogP contribution in [0.25, 0.3) is 0 Å². The van der Waals surface area contributed by atoms with Gasteiger partial charge in [-0.3, -0.25) is 9.78 Å². The van der Waals surface area contributed by atoms with E-state index in [-0.39, 0.29) is 25.0 Å². The molecule has 1 rings (SSSR count). The summed E-state index contributed by atoms with van der Waals surface area (Å²) in [7, 11) is 0. The summed E-state index contributed by atoms with van der Waals surface area (Å²) < 4.78 is 5.52. The first-order valence-corrected chi connectivity index (χ1v) is 7.05. The van der Waals surface area contributed by atoms with Crippen LogP contribution < -0.4 is 15.8 Å². The number of aromatic nitrogens is 1. The number of nitrogens with two attached hydrogens (primary N) is 1. The molecule has 6 heteroatoms. The minimum Gasteiger partial charge on any atom is -0.482 e. The first-order valence-electron chi connectivity index (χ1n) is 7.05. The lowest BCUT2D eigenvalue weighted by atomic mass is 10.1. The monoisotopic (exact) mass is 290 g/mol. The molecular formula is C15H22N4O2. The summed E-state index contributed by atoms with van der Waals surface area (Å²) in [5, 5.41) is 11.0. The highest BCUT2D eigenvalue weighted by atomic mass is 16.5. The lowest BCUT2D eigenvalue weighted by Gasteiger charge is -2.14. The van der Waals surface area contributed by atoms with Crippen LogP contribution in [-0.2, 0) is 11.2 Å². The van der Waals surface area contributed by atoms with Crippen molar-refractivity contribution in [3.05, 3.63) is 23.5 Å². The van der Waals surface area contributed by atoms with Gasteiger partial charge in [0.15, 0.2) is 6.61 Å². The van der Waals surface area contributed by atoms with Gasteiger partial charge in [0, 0.05) is 24.7 Å². The normalized spacial score (nSPS) is 11.5. The number of aryl methyl sites for hydroxylation is 1. The summed E-state index contributed by atoms with van der Waals surface area (Å²) in [5.74, 6) is 0.330. The van der Waals surface area contributed by atoms with Crippen LogP contribution >= 0.6 is 0 Å². The molecule has 0 aliphatic carbocycles. The molecule has 21 heavy (non-hydrogen) atoms. The number of rotatable bonds is 8. The van der Waals surface area contributed by atoms with E-state index < -0.39 is 0 Å². The van der Waals surface area contributed by atoms with Gasteiger partial charge in [0.25, 0.3) is 5.91 Å². The standard InChI is InChI=1S/C15H22N4O2/c1-3-12(17)9-13-14(6-5-11(2)19-13)21-10-15(20)18-8-4-7-16/h5-6,12H,3-4,8-10,17H2,1-2H3,(H,18,20). The third-order valence-electron chi connectivity index (χ3n) is 2.97. The number of amides is 1. The van der Waals surface area contributed by atoms with E-state index in [0.717, 1.165) is 17.8 Å². The highest BCUT2D eigenvalue weighted by molar-refractivity contribution is 5.77. The molecule has 1 aromatic heterocycles. The molecule has 0 bridgehead atoms. The maximum Gasteiger partial charge on any atom is 0.257 e. The highest BCUT2D eigenvalue weighted by Crippen LogP contribution is 2.18. The van der Waals surface area contributed by atoms with E-state index in [0.29, 0.717) is 18.7 Å². The number of pyridine rings is 1. The largest absolute Gasteiger partial charge is 0.482 e. The van der Waals surface area contributed by atoms with E-state index >= 15 is 0 Å². The van der Waals surface area contributed by atoms with Crippen LogP contribution in [-0.4, -0.2) is 30.1 Å². The number of nitrogens with one attached hydrogen (secondary N) is 1. The van der Waals surface area contributed by atoms with Crippen molar-refractivity contribution in [3.8, 4) is 11.8 Å². The smallest absolute Gasteiger partial charge is 0.257 e. The summed E-state index contributed by atoms with van der Waals surface area (Å²) in [5.41, 5.74) is 7.62. The average Bonchev–Trinajstić information content (AvgIpc) is 2.46. The minimum atomic E-state index is -0.253. The van der Waals surface area contributed by atoms with Gasteiger partial charge >= 0.3 is 0 Å². The minimum absolute atomic E-state index is 0.0195. The van der Waals surface area contributed by atoms with E-state index in [1.54, 1.807) is 0 Å². The molecule has 0 radical (unpaired) electrons. The summed E-state index contributed by atoms with van der Waals surface area (Å²) in [6, 6.07) is 5.63. The molecule has 6 nitrogen and oxygen atoms in total. The second kappa shape index (κ2) is 8.93. The zero-order valence-corrected chi connectivity index (χ0v) is 12.6. The van der Waals surface area contributed by atoms with Crippen molar-refractivity contribution >= 4 is 5.91 Å². The van der Waals surface area contributed by atoms with E-state index in [4.69, 9.17) is 15.7 Å². The molecule has 0 aliphatic heterocycles. The first-order chi connectivity index (χ1) is 10.1. The van der Waals surface area contributed by atoms with Crippen molar-refractivity contribution in [2.24, 2.45) is 5.73 Å². The van der Waals surface area contributed by atoms with Crippen LogP contribution in [0.5, 0.6) is 5.75 Å². The first kappa shape index (κ1) is 16.9. The van der Waals surface area contributed by atoms with Gasteiger partial charge in [0.1, 0.15) is 5.75 Å². The SMILES string of the molecule is CCC(N)Cc1nc(C)ccc1OCC(=O)NCCC#N. The van der Waals surface area contributed by atoms with Crippen molar-refractivity contribution in [2.75, 3.05) is 13.2 Å². The second-order valence-electron chi connectivity index (χ2n) is 4.82. The molecule has 1 unspecified atom stereocenters. The van der Waals surface area contributed by atoms with E-state index in [1.807, 2.05) is 32.0 Å². The van der Waals surface area contributed by atoms with Gasteiger partial charge in [-0.2, -0.15) is 5.26 Å². The Balaban J connectivity index is 2.61. The maximum atomic E-state index is 11.6. The summed E-state index contributed by atoms with van der Waals surface area (Å²) in [4.78, 5) is 16.0. The third kappa shape index (κ3) is 6.23. The molecule has 1 aromatic rings. The number of ether oxygens (including phenoxy) is 1. The number of carbonyl (C=O) groups is 1. The van der Waals surface area contributed by atoms with Gasteiger partial charge in [-0.1, -0.05) is 6.92 Å². The average molecular weight is 290 g/mol. The topological polar surface area (TPSA) is 101 Å². The zero-order valence-electron chi connectivity index (χ0n) is 12.6. The molecule has 0 aliphatic rings. The van der Waals surface area contributed by atoms with E-state index in [1.165, 1.54) is 0 Å². The molecule has 1 atom stereocenters. The Morgan fingerprint density at radius 2 is 2.33 bits per heavy atom. The lowest BCUT2D eigenvalue weighted by Crippen LogP contribution is -2.30. The van der Waals surface area contributed by atoms with Gasteiger partial charge in [-0.25, -0.2) is 0 Å². The van der Waals surface area contributed by atoms with Gasteiger partial charge in [-0.05, 0) is 25.5 Å². The fourth-order valence-corrected chi connectivity index (χ4v) is 1.72. The summed E-state index contributed by atoms with van der Waals surface area (Å²) >= 11 is 0. The van der Waals surface area contributed by atoms with Crippen molar-refractivity contribution in [1.82, 2.24) is 10.3 Å². The van der Waals surface area contributed by atoms with Gasteiger partial charge in [-0.15, -0.1) is 0 Å². The molecule has 0 aromatic carbocycles. The molecule has 0 saturated carbocycles. The number of nitriles is 1. The molecule has 1 heterocycles. The van der Waals surface area contributed by atoms with E-state index in [2.05, 4.69) is 10.3 Å². The molecule has 1 amide bonds. The Morgan fingerprint density at radius 1 is 1.57 bits per heavy atom. The molecular weight excluding hydrogens is 268 g/mol. The van der Waals surface area contributed by atoms with Crippen LogP contribution in [0, 0.1) is 18.3 Å². The number of nitrogens with zero attached hydrogens (tertiary/aromatic N) is 2. The van der Waals surface area contributed by atoms with Crippen LogP contribution in [0.2, 0.25) is 0 Å². The van der Waals surface area contributed by atoms with Crippen LogP contribution in [0.15, 0.2) is 12.1 Å². The maximum absolute atomic E-state index is 11.6. The quantitative estimate of drug-likeness (QED) is 0.698. The number of carbonyl (C=O) groups excluding carboxylic acids is 1. The van der Waals surface area contributed by atoms with Gasteiger partial charge < -0.3 is 15.8 Å². The Kier molecular flexibility index (Phi) is 7.19. The summed E-state index contributed by atoms with van der Waals surface area (Å²) in [6.07, 6.45) is 1.75. The highest BCUT2D eigenvalue weighted by Gasteiger charge is 2.11. The van der Waals surface area contributed by atoms with Crippen LogP contribution in [0.4, 0.5) is 0 Å². The Bertz CT molecular complexity index is 511. The Hall–Kier alpha value is -2.13. The fraction of sp³-hybridized carbons (Fsp3) is 0.533.